The van der Waals surface area contributed by atoms with Gasteiger partial charge in [-0.15, -0.1) is 0 Å². The Balaban J connectivity index is 1.96. The van der Waals surface area contributed by atoms with Gasteiger partial charge in [0, 0.05) is 29.3 Å². The summed E-state index contributed by atoms with van der Waals surface area (Å²) in [5.74, 6) is -1.52. The molecule has 2 heterocycles. The number of pyridine rings is 1. The van der Waals surface area contributed by atoms with E-state index in [0.717, 1.165) is 12.1 Å². The number of aliphatic hydroxyl groups is 1. The molecule has 4 rings (SSSR count). The Labute approximate surface area is 211 Å². The van der Waals surface area contributed by atoms with Crippen LogP contribution in [-0.2, 0) is 6.61 Å². The first kappa shape index (κ1) is 25.8. The Hall–Kier alpha value is -4.31. The van der Waals surface area contributed by atoms with Crippen molar-refractivity contribution in [2.45, 2.75) is 27.4 Å². The summed E-state index contributed by atoms with van der Waals surface area (Å²) in [6.45, 7) is 5.82. The first-order valence-corrected chi connectivity index (χ1v) is 11.6. The Morgan fingerprint density at radius 1 is 1.11 bits per heavy atom. The third kappa shape index (κ3) is 5.59. The van der Waals surface area contributed by atoms with E-state index >= 15 is 0 Å². The lowest BCUT2D eigenvalue weighted by atomic mass is 10.1. The normalized spacial score (nSPS) is 11.6. The number of hydrogen-bond acceptors (Lipinski definition) is 7. The van der Waals surface area contributed by atoms with Crippen molar-refractivity contribution in [3.05, 3.63) is 82.7 Å². The number of aromatic nitrogens is 1. The molecule has 0 atom stereocenters. The SMILES string of the molecule is CCOc1ccc(OCC)c(N=c2oc3c(C)ncc(CO)c3cc2C(=O)Nc2ccc(F)cc2F)c1. The van der Waals surface area contributed by atoms with Crippen LogP contribution in [0.15, 0.2) is 58.1 Å². The Kier molecular flexibility index (Phi) is 7.78. The number of fused-ring (bicyclic) bond motifs is 1. The monoisotopic (exact) mass is 509 g/mol. The zero-order valence-corrected chi connectivity index (χ0v) is 20.5. The van der Waals surface area contributed by atoms with Gasteiger partial charge in [-0.3, -0.25) is 9.78 Å². The standard InChI is InChI=1S/C27H25F2N3O5/c1-4-35-18-7-9-24(36-5-2)23(11-18)32-27-20(26(34)31-22-8-6-17(28)10-21(22)29)12-19-16(14-33)13-30-15(3)25(19)37-27/h6-13,33H,4-5,14H2,1-3H3,(H,31,34). The number of aryl methyl sites for hydroxylation is 1. The molecule has 0 fully saturated rings. The highest BCUT2D eigenvalue weighted by atomic mass is 19.1. The number of hydrogen-bond donors (Lipinski definition) is 2. The maximum Gasteiger partial charge on any atom is 0.261 e. The summed E-state index contributed by atoms with van der Waals surface area (Å²) in [6, 6.07) is 9.37. The van der Waals surface area contributed by atoms with E-state index in [1.54, 1.807) is 25.1 Å². The number of aliphatic hydroxyl groups excluding tert-OH is 1. The number of amides is 1. The molecular weight excluding hydrogens is 484 g/mol. The summed E-state index contributed by atoms with van der Waals surface area (Å²) >= 11 is 0. The van der Waals surface area contributed by atoms with Crippen LogP contribution in [0.4, 0.5) is 20.2 Å². The third-order valence-electron chi connectivity index (χ3n) is 5.41. The van der Waals surface area contributed by atoms with Crippen molar-refractivity contribution >= 4 is 28.3 Å². The van der Waals surface area contributed by atoms with E-state index in [0.29, 0.717) is 58.7 Å². The number of nitrogens with one attached hydrogen (secondary N) is 1. The fourth-order valence-corrected chi connectivity index (χ4v) is 3.67. The van der Waals surface area contributed by atoms with E-state index in [-0.39, 0.29) is 23.4 Å². The number of ether oxygens (including phenoxy) is 2. The topological polar surface area (TPSA) is 106 Å². The first-order chi connectivity index (χ1) is 17.8. The molecule has 0 bridgehead atoms. The molecule has 0 aliphatic carbocycles. The molecule has 2 N–H and O–H groups in total. The molecule has 0 unspecified atom stereocenters. The molecule has 192 valence electrons. The molecule has 0 aliphatic heterocycles. The van der Waals surface area contributed by atoms with E-state index in [4.69, 9.17) is 13.9 Å². The van der Waals surface area contributed by atoms with E-state index in [9.17, 15) is 18.7 Å². The molecule has 0 radical (unpaired) electrons. The van der Waals surface area contributed by atoms with Gasteiger partial charge in [0.05, 0.1) is 31.2 Å². The molecule has 10 heteroatoms. The van der Waals surface area contributed by atoms with Gasteiger partial charge in [0.15, 0.2) is 5.58 Å². The van der Waals surface area contributed by atoms with Crippen LogP contribution in [0.3, 0.4) is 0 Å². The van der Waals surface area contributed by atoms with Crippen molar-refractivity contribution < 1.29 is 32.6 Å². The molecule has 0 saturated carbocycles. The van der Waals surface area contributed by atoms with Crippen molar-refractivity contribution in [2.75, 3.05) is 18.5 Å². The summed E-state index contributed by atoms with van der Waals surface area (Å²) in [5.41, 5.74) is 1.19. The van der Waals surface area contributed by atoms with Crippen LogP contribution in [0.1, 0.15) is 35.5 Å². The average Bonchev–Trinajstić information content (AvgIpc) is 2.87. The third-order valence-corrected chi connectivity index (χ3v) is 5.41. The van der Waals surface area contributed by atoms with Crippen molar-refractivity contribution in [3.63, 3.8) is 0 Å². The van der Waals surface area contributed by atoms with Gasteiger partial charge in [-0.1, -0.05) is 0 Å². The highest BCUT2D eigenvalue weighted by molar-refractivity contribution is 6.05. The smallest absolute Gasteiger partial charge is 0.261 e. The van der Waals surface area contributed by atoms with E-state index in [1.807, 2.05) is 13.8 Å². The minimum absolute atomic E-state index is 0.0548. The fourth-order valence-electron chi connectivity index (χ4n) is 3.67. The Morgan fingerprint density at radius 3 is 2.59 bits per heavy atom. The van der Waals surface area contributed by atoms with Gasteiger partial charge in [-0.25, -0.2) is 13.8 Å². The molecule has 4 aromatic rings. The van der Waals surface area contributed by atoms with Gasteiger partial charge >= 0.3 is 0 Å². The summed E-state index contributed by atoms with van der Waals surface area (Å²) in [4.78, 5) is 22.2. The highest BCUT2D eigenvalue weighted by Gasteiger charge is 2.18. The average molecular weight is 510 g/mol. The van der Waals surface area contributed by atoms with Gasteiger partial charge < -0.3 is 24.3 Å². The van der Waals surface area contributed by atoms with Crippen molar-refractivity contribution in [1.82, 2.24) is 4.98 Å². The van der Waals surface area contributed by atoms with Crippen LogP contribution in [0.2, 0.25) is 0 Å². The molecule has 8 nitrogen and oxygen atoms in total. The summed E-state index contributed by atoms with van der Waals surface area (Å²) in [6.07, 6.45) is 1.48. The second-order valence-corrected chi connectivity index (χ2v) is 7.92. The predicted molar refractivity (Wildman–Crippen MR) is 133 cm³/mol. The van der Waals surface area contributed by atoms with Crippen LogP contribution >= 0.6 is 0 Å². The predicted octanol–water partition coefficient (Wildman–Crippen LogP) is 5.19. The minimum Gasteiger partial charge on any atom is -0.494 e. The number of anilines is 1. The van der Waals surface area contributed by atoms with Crippen LogP contribution in [0.25, 0.3) is 11.0 Å². The second kappa shape index (κ2) is 11.2. The molecule has 2 aromatic carbocycles. The van der Waals surface area contributed by atoms with Gasteiger partial charge in [-0.05, 0) is 51.1 Å². The molecule has 37 heavy (non-hydrogen) atoms. The number of rotatable bonds is 8. The first-order valence-electron chi connectivity index (χ1n) is 11.6. The molecule has 0 spiro atoms. The van der Waals surface area contributed by atoms with Crippen molar-refractivity contribution in [2.24, 2.45) is 4.99 Å². The Bertz CT molecular complexity index is 1530. The molecule has 0 aliphatic rings. The van der Waals surface area contributed by atoms with E-state index in [2.05, 4.69) is 15.3 Å². The summed E-state index contributed by atoms with van der Waals surface area (Å²) in [5, 5.41) is 12.7. The lowest BCUT2D eigenvalue weighted by Gasteiger charge is -2.12. The number of halogens is 2. The number of benzene rings is 2. The fraction of sp³-hybridized carbons (Fsp3) is 0.222. The molecule has 0 saturated heterocycles. The lowest BCUT2D eigenvalue weighted by Crippen LogP contribution is -2.22. The number of carbonyl (C=O) groups excluding carboxylic acids is 1. The number of carbonyl (C=O) groups is 1. The maximum absolute atomic E-state index is 14.3. The van der Waals surface area contributed by atoms with Gasteiger partial charge in [0.1, 0.15) is 34.4 Å². The van der Waals surface area contributed by atoms with Crippen LogP contribution < -0.4 is 20.3 Å². The summed E-state index contributed by atoms with van der Waals surface area (Å²) < 4.78 is 45.0. The zero-order valence-electron chi connectivity index (χ0n) is 20.5. The van der Waals surface area contributed by atoms with E-state index < -0.39 is 17.5 Å². The second-order valence-electron chi connectivity index (χ2n) is 7.92. The van der Waals surface area contributed by atoms with Gasteiger partial charge in [-0.2, -0.15) is 0 Å². The number of nitrogens with zero attached hydrogens (tertiary/aromatic N) is 2. The van der Waals surface area contributed by atoms with Crippen molar-refractivity contribution in [3.8, 4) is 11.5 Å². The van der Waals surface area contributed by atoms with Crippen LogP contribution in [-0.4, -0.2) is 29.2 Å². The Morgan fingerprint density at radius 2 is 1.89 bits per heavy atom. The van der Waals surface area contributed by atoms with Gasteiger partial charge in [0.25, 0.3) is 5.91 Å². The minimum atomic E-state index is -0.941. The maximum atomic E-state index is 14.3. The summed E-state index contributed by atoms with van der Waals surface area (Å²) in [7, 11) is 0. The van der Waals surface area contributed by atoms with E-state index in [1.165, 1.54) is 12.3 Å². The zero-order chi connectivity index (χ0) is 26.5. The van der Waals surface area contributed by atoms with Crippen molar-refractivity contribution in [1.29, 1.82) is 0 Å². The molecule has 1 amide bonds. The lowest BCUT2D eigenvalue weighted by molar-refractivity contribution is 0.102. The largest absolute Gasteiger partial charge is 0.494 e. The molecule has 2 aromatic heterocycles. The van der Waals surface area contributed by atoms with Crippen LogP contribution in [0.5, 0.6) is 11.5 Å². The van der Waals surface area contributed by atoms with Crippen LogP contribution in [0, 0.1) is 18.6 Å². The van der Waals surface area contributed by atoms with Gasteiger partial charge in [0.2, 0.25) is 5.55 Å². The molecular formula is C27H25F2N3O5. The highest BCUT2D eigenvalue weighted by Crippen LogP contribution is 2.32. The quantitative estimate of drug-likeness (QED) is 0.339.